The maximum Gasteiger partial charge on any atom is 0.248 e. The number of alkyl halides is 3. The van der Waals surface area contributed by atoms with Crippen LogP contribution in [0, 0.1) is 5.41 Å². The largest absolute Gasteiger partial charge is 0.295 e. The van der Waals surface area contributed by atoms with Crippen LogP contribution in [0.3, 0.4) is 0 Å². The topological polar surface area (TPSA) is 34.1 Å². The van der Waals surface area contributed by atoms with Crippen molar-refractivity contribution in [1.82, 2.24) is 0 Å². The van der Waals surface area contributed by atoms with Gasteiger partial charge in [0.15, 0.2) is 5.78 Å². The number of carbonyl (C=O) groups excluding carboxylic acids is 2. The van der Waals surface area contributed by atoms with E-state index in [1.807, 2.05) is 0 Å². The molecule has 0 aliphatic carbocycles. The zero-order valence-electron chi connectivity index (χ0n) is 6.66. The molecular weight excluding hydrogens is 222 g/mol. The summed E-state index contributed by atoms with van der Waals surface area (Å²) in [6.07, 6.45) is 1.58. The summed E-state index contributed by atoms with van der Waals surface area (Å²) in [5.41, 5.74) is -0.888. The zero-order chi connectivity index (χ0) is 9.99. The molecule has 12 heavy (non-hydrogen) atoms. The van der Waals surface area contributed by atoms with Crippen molar-refractivity contribution in [3.63, 3.8) is 0 Å². The van der Waals surface area contributed by atoms with E-state index in [9.17, 15) is 9.59 Å². The fourth-order valence-corrected chi connectivity index (χ4v) is 0.738. The quantitative estimate of drug-likeness (QED) is 0.698. The molecule has 0 atom stereocenters. The summed E-state index contributed by atoms with van der Waals surface area (Å²) in [6.45, 7) is 3.10. The van der Waals surface area contributed by atoms with Crippen LogP contribution in [-0.2, 0) is 9.59 Å². The van der Waals surface area contributed by atoms with Crippen molar-refractivity contribution >= 4 is 46.9 Å². The van der Waals surface area contributed by atoms with Gasteiger partial charge in [0.1, 0.15) is 0 Å². The van der Waals surface area contributed by atoms with Gasteiger partial charge in [-0.05, 0) is 0 Å². The molecule has 0 unspecified atom stereocenters. The lowest BCUT2D eigenvalue weighted by Gasteiger charge is -2.17. The highest BCUT2D eigenvalue weighted by Crippen LogP contribution is 2.32. The highest BCUT2D eigenvalue weighted by Gasteiger charge is 2.35. The Morgan fingerprint density at radius 3 is 2.00 bits per heavy atom. The number of carbonyl (C=O) groups is 1. The lowest BCUT2D eigenvalue weighted by atomic mass is 9.89. The lowest BCUT2D eigenvalue weighted by molar-refractivity contribution is -0.119. The molecule has 0 aromatic heterocycles. The molecule has 2 nitrogen and oxygen atoms in total. The monoisotopic (exact) mass is 229 g/mol. The Balaban J connectivity index is 4.29. The molecule has 0 saturated carbocycles. The summed E-state index contributed by atoms with van der Waals surface area (Å²) < 4.78 is -1.94. The van der Waals surface area contributed by atoms with Gasteiger partial charge in [0.25, 0.3) is 0 Å². The normalized spacial score (nSPS) is 12.8. The minimum atomic E-state index is -1.94. The van der Waals surface area contributed by atoms with Crippen LogP contribution in [0.15, 0.2) is 0 Å². The predicted octanol–water partition coefficient (Wildman–Crippen LogP) is 2.45. The smallest absolute Gasteiger partial charge is 0.248 e. The molecule has 0 aliphatic rings. The van der Waals surface area contributed by atoms with Gasteiger partial charge < -0.3 is 0 Å². The molecule has 0 saturated heterocycles. The van der Waals surface area contributed by atoms with E-state index in [0.717, 1.165) is 0 Å². The lowest BCUT2D eigenvalue weighted by Crippen LogP contribution is -2.27. The van der Waals surface area contributed by atoms with Crippen LogP contribution in [0.5, 0.6) is 0 Å². The maximum absolute atomic E-state index is 11.1. The number of ketones is 1. The van der Waals surface area contributed by atoms with Crippen LogP contribution in [0.4, 0.5) is 0 Å². The van der Waals surface area contributed by atoms with Crippen molar-refractivity contribution in [3.05, 3.63) is 0 Å². The summed E-state index contributed by atoms with van der Waals surface area (Å²) in [6, 6.07) is 0. The molecule has 0 spiro atoms. The summed E-state index contributed by atoms with van der Waals surface area (Å²) in [7, 11) is 0. The highest BCUT2D eigenvalue weighted by molar-refractivity contribution is 6.76. The van der Waals surface area contributed by atoms with Crippen molar-refractivity contribution in [1.29, 1.82) is 0 Å². The molecule has 0 aromatic carbocycles. The molecule has 0 fully saturated rings. The van der Waals surface area contributed by atoms with Gasteiger partial charge in [0.05, 0.1) is 0 Å². The van der Waals surface area contributed by atoms with Gasteiger partial charge in [-0.1, -0.05) is 48.7 Å². The van der Waals surface area contributed by atoms with Gasteiger partial charge in [0, 0.05) is 11.8 Å². The highest BCUT2D eigenvalue weighted by atomic mass is 35.6. The first-order chi connectivity index (χ1) is 5.19. The average Bonchev–Trinajstić information content (AvgIpc) is 1.85. The first-order valence-corrected chi connectivity index (χ1v) is 4.32. The Labute approximate surface area is 86.2 Å². The number of rotatable bonds is 3. The first kappa shape index (κ1) is 12.2. The van der Waals surface area contributed by atoms with Crippen molar-refractivity contribution in [2.45, 2.75) is 24.1 Å². The molecule has 1 radical (unpaired) electrons. The van der Waals surface area contributed by atoms with Crippen molar-refractivity contribution < 1.29 is 9.59 Å². The third-order valence-corrected chi connectivity index (χ3v) is 1.83. The summed E-state index contributed by atoms with van der Waals surface area (Å²) in [4.78, 5) is 21.3. The van der Waals surface area contributed by atoms with Crippen molar-refractivity contribution in [3.8, 4) is 0 Å². The number of hydrogen-bond donors (Lipinski definition) is 0. The van der Waals surface area contributed by atoms with Crippen molar-refractivity contribution in [2.75, 3.05) is 0 Å². The Kier molecular flexibility index (Phi) is 4.01. The maximum atomic E-state index is 11.1. The molecule has 0 aliphatic heterocycles. The van der Waals surface area contributed by atoms with Crippen LogP contribution in [0.1, 0.15) is 20.3 Å². The Morgan fingerprint density at radius 1 is 1.33 bits per heavy atom. The third kappa shape index (κ3) is 4.29. The number of Topliss-reactive ketones (excluding diaryl/α,β-unsaturated/α-hetero) is 1. The van der Waals surface area contributed by atoms with E-state index in [2.05, 4.69) is 0 Å². The second kappa shape index (κ2) is 3.95. The van der Waals surface area contributed by atoms with Crippen LogP contribution in [-0.4, -0.2) is 15.9 Å². The zero-order valence-corrected chi connectivity index (χ0v) is 8.93. The molecule has 0 heterocycles. The fourth-order valence-electron chi connectivity index (χ4n) is 0.538. The summed E-state index contributed by atoms with van der Waals surface area (Å²) in [5, 5.41) is 0. The summed E-state index contributed by atoms with van der Waals surface area (Å²) >= 11 is 15.9. The van der Waals surface area contributed by atoms with E-state index in [4.69, 9.17) is 34.8 Å². The van der Waals surface area contributed by atoms with Gasteiger partial charge in [-0.15, -0.1) is 0 Å². The first-order valence-electron chi connectivity index (χ1n) is 3.18. The number of hydrogen-bond acceptors (Lipinski definition) is 2. The molecular formula is C7H8Cl3O2. The van der Waals surface area contributed by atoms with Gasteiger partial charge in [-0.3, -0.25) is 9.59 Å². The Bertz CT molecular complexity index is 193. The molecule has 69 valence electrons. The number of halogens is 3. The van der Waals surface area contributed by atoms with E-state index >= 15 is 0 Å². The average molecular weight is 230 g/mol. The Hall–Kier alpha value is 0.210. The van der Waals surface area contributed by atoms with E-state index in [1.165, 1.54) is 0 Å². The standard InChI is InChI=1S/C7H8Cl3O2/c1-6(2,4-11)3-5(12)7(8,9)10/h3H2,1-2H3. The van der Waals surface area contributed by atoms with E-state index in [0.29, 0.717) is 0 Å². The van der Waals surface area contributed by atoms with Crippen LogP contribution in [0.2, 0.25) is 0 Å². The summed E-state index contributed by atoms with van der Waals surface area (Å²) in [5.74, 6) is -0.596. The molecule has 0 N–H and O–H groups in total. The molecule has 0 amide bonds. The van der Waals surface area contributed by atoms with Gasteiger partial charge >= 0.3 is 0 Å². The molecule has 0 bridgehead atoms. The minimum absolute atomic E-state index is 0.118. The third-order valence-electron chi connectivity index (χ3n) is 1.19. The van der Waals surface area contributed by atoms with E-state index in [1.54, 1.807) is 20.1 Å². The van der Waals surface area contributed by atoms with Gasteiger partial charge in [0.2, 0.25) is 10.1 Å². The van der Waals surface area contributed by atoms with Crippen molar-refractivity contribution in [2.24, 2.45) is 5.41 Å². The Morgan fingerprint density at radius 2 is 1.75 bits per heavy atom. The second-order valence-electron chi connectivity index (χ2n) is 3.08. The van der Waals surface area contributed by atoms with E-state index < -0.39 is 15.0 Å². The molecule has 0 rings (SSSR count). The molecule has 5 heteroatoms. The molecule has 0 aromatic rings. The van der Waals surface area contributed by atoms with Crippen LogP contribution in [0.25, 0.3) is 0 Å². The van der Waals surface area contributed by atoms with Crippen LogP contribution >= 0.6 is 34.8 Å². The fraction of sp³-hybridized carbons (Fsp3) is 0.714. The SMILES string of the molecule is CC(C)([C]=O)CC(=O)C(Cl)(Cl)Cl. The van der Waals surface area contributed by atoms with Gasteiger partial charge in [-0.25, -0.2) is 0 Å². The van der Waals surface area contributed by atoms with Gasteiger partial charge in [-0.2, -0.15) is 0 Å². The predicted molar refractivity (Wildman–Crippen MR) is 49.4 cm³/mol. The second-order valence-corrected chi connectivity index (χ2v) is 5.36. The van der Waals surface area contributed by atoms with E-state index in [-0.39, 0.29) is 6.42 Å². The van der Waals surface area contributed by atoms with Crippen LogP contribution < -0.4 is 0 Å². The minimum Gasteiger partial charge on any atom is -0.295 e.